The summed E-state index contributed by atoms with van der Waals surface area (Å²) in [6, 6.07) is 0. The largest absolute Gasteiger partial charge is 0.391 e. The van der Waals surface area contributed by atoms with E-state index in [9.17, 15) is 40.9 Å². The fourth-order valence-corrected chi connectivity index (χ4v) is 28.3. The molecule has 12 rings (SSSR count). The topological polar surface area (TPSA) is 540 Å². The third-order valence-corrected chi connectivity index (χ3v) is 30.9. The number of aliphatic hydroxyl groups is 8. The van der Waals surface area contributed by atoms with Crippen LogP contribution in [0.5, 0.6) is 0 Å². The fourth-order valence-electron chi connectivity index (χ4n) is 28.3. The van der Waals surface area contributed by atoms with Crippen molar-refractivity contribution in [2.75, 3.05) is 155 Å². The van der Waals surface area contributed by atoms with Crippen molar-refractivity contribution in [3.8, 4) is 0 Å². The summed E-state index contributed by atoms with van der Waals surface area (Å²) in [5, 5.41) is 163. The van der Waals surface area contributed by atoms with Crippen LogP contribution in [0.2, 0.25) is 0 Å². The number of anilines is 12. The Morgan fingerprint density at radius 1 is 0.185 bits per heavy atom. The molecule has 8 aliphatic rings. The van der Waals surface area contributed by atoms with Crippen LogP contribution in [0.4, 0.5) is 71.4 Å². The summed E-state index contributed by atoms with van der Waals surface area (Å²) in [7, 11) is 0. The Morgan fingerprint density at radius 3 is 0.418 bits per heavy atom. The molecule has 8 unspecified atom stereocenters. The normalized spacial score (nSPS) is 25.3. The molecule has 0 radical (unpaired) electrons. The van der Waals surface area contributed by atoms with Gasteiger partial charge in [0.05, 0.1) is 48.8 Å². The first-order valence-electron chi connectivity index (χ1n) is 54.8. The van der Waals surface area contributed by atoms with E-state index in [2.05, 4.69) is 317 Å². The molecule has 0 spiro atoms. The summed E-state index contributed by atoms with van der Waals surface area (Å²) in [6.07, 6.45) is 5.34. The molecule has 8 saturated heterocycles. The van der Waals surface area contributed by atoms with Crippen LogP contribution in [0.1, 0.15) is 324 Å². The first kappa shape index (κ1) is 118. The van der Waals surface area contributed by atoms with Gasteiger partial charge in [-0.05, 0) is 372 Å². The maximum absolute atomic E-state index is 12.5. The molecule has 0 aromatic carbocycles. The van der Waals surface area contributed by atoms with Gasteiger partial charge in [-0.1, -0.05) is 0 Å². The molecule has 146 heavy (non-hydrogen) atoms. The van der Waals surface area contributed by atoms with E-state index < -0.39 is 48.8 Å². The molecule has 8 fully saturated rings. The smallest absolute Gasteiger partial charge is 0.232 e. The lowest BCUT2D eigenvalue weighted by Gasteiger charge is -2.47. The van der Waals surface area contributed by atoms with E-state index in [0.717, 1.165) is 51.4 Å². The van der Waals surface area contributed by atoms with Crippen molar-refractivity contribution in [2.45, 2.75) is 462 Å². The molecule has 26 N–H and O–H groups in total. The molecule has 4 aromatic rings. The Kier molecular flexibility index (Phi) is 36.5. The molecular formula is C106H198N32O8. The van der Waals surface area contributed by atoms with Gasteiger partial charge < -0.3 is 146 Å². The van der Waals surface area contributed by atoms with Gasteiger partial charge in [0.15, 0.2) is 0 Å². The number of aromatic nitrogens is 12. The quantitative estimate of drug-likeness (QED) is 0.0196. The zero-order chi connectivity index (χ0) is 108. The van der Waals surface area contributed by atoms with Crippen molar-refractivity contribution in [3.05, 3.63) is 0 Å². The van der Waals surface area contributed by atoms with Crippen LogP contribution < -0.4 is 106 Å². The molecule has 0 aliphatic carbocycles. The van der Waals surface area contributed by atoms with Gasteiger partial charge in [0.1, 0.15) is 0 Å². The molecule has 4 aromatic heterocycles. The summed E-state index contributed by atoms with van der Waals surface area (Å²) < 4.78 is 0. The van der Waals surface area contributed by atoms with E-state index >= 15 is 0 Å². The van der Waals surface area contributed by atoms with Gasteiger partial charge >= 0.3 is 0 Å². The number of piperidine rings is 8. The minimum Gasteiger partial charge on any atom is -0.391 e. The third-order valence-electron chi connectivity index (χ3n) is 30.9. The standard InChI is InChI=1S/C106H198N32O8/c1-91(2)39-63(40-92(3,4)129-91)71(139)55-109-81-117-79(118-82(121-81)110-56-72(140)64-41-93(5,6)130-94(7,8)42-64)107-33-35-137(89-125-85(113-59-75(143)67-47-99(17,18)133-100(19,20)48-67)123-86(126-89)114-60-76(144)68-49-101(21,22)134-102(23,24)50-68)37-38-138(90-127-87(115-61-77(145)69-51-103(25,26)135-104(27,28)52-69)124-88(128-90)116-62-78(146)70-53-105(29,30)136-106(31,32)54-70)36-34-108-80-119-83(111-57-73(141)65-43-95(9,10)131-96(11,12)44-65)122-84(120-80)112-58-74(142)66-45-97(13,14)132-98(15,16)46-66/h63-78,129-136,139-146H,33-62H2,1-32H3,(H2,113,114,123,125,126)(H2,115,116,124,127,128)(H3,107,109,110,117,118,121)(H3,108,111,112,119,120,122). The Labute approximate surface area is 873 Å². The van der Waals surface area contributed by atoms with Crippen LogP contribution in [0.25, 0.3) is 0 Å². The van der Waals surface area contributed by atoms with E-state index in [1.807, 2.05) is 9.80 Å². The number of aliphatic hydroxyl groups excluding tert-OH is 8. The van der Waals surface area contributed by atoms with Crippen molar-refractivity contribution in [3.63, 3.8) is 0 Å². The van der Waals surface area contributed by atoms with Crippen molar-refractivity contribution in [2.24, 2.45) is 47.3 Å². The Hall–Kier alpha value is -7.00. The predicted molar refractivity (Wildman–Crippen MR) is 589 cm³/mol. The lowest BCUT2D eigenvalue weighted by atomic mass is 9.73. The van der Waals surface area contributed by atoms with E-state index in [0.29, 0.717) is 51.4 Å². The van der Waals surface area contributed by atoms with Crippen molar-refractivity contribution >= 4 is 71.4 Å². The predicted octanol–water partition coefficient (Wildman–Crippen LogP) is 9.60. The maximum Gasteiger partial charge on any atom is 0.232 e. The molecule has 0 saturated carbocycles. The molecule has 40 heteroatoms. The number of nitrogens with one attached hydrogen (secondary N) is 18. The first-order valence-corrected chi connectivity index (χ1v) is 54.8. The Balaban J connectivity index is 0.958. The van der Waals surface area contributed by atoms with Gasteiger partial charge in [0.2, 0.25) is 71.4 Å². The molecule has 8 aliphatic heterocycles. The van der Waals surface area contributed by atoms with Crippen molar-refractivity contribution < 1.29 is 40.9 Å². The number of rotatable bonds is 45. The second-order valence-electron chi connectivity index (χ2n) is 56.1. The van der Waals surface area contributed by atoms with E-state index in [4.69, 9.17) is 59.8 Å². The van der Waals surface area contributed by atoms with Crippen molar-refractivity contribution in [1.29, 1.82) is 0 Å². The SMILES string of the molecule is CC1(C)CC(C(O)CNc2nc(NCCN(CCN(CCNc3nc(NCC(O)C4CC(C)(C)NC(C)(C)C4)nc(NCC(O)C4CC(C)(C)NC(C)(C)C4)n3)c3nc(NCC(O)C4CC(C)(C)NC(C)(C)C4)nc(NCC(O)C4CC(C)(C)NC(C)(C)C4)n3)c3nc(NCC(O)C4CC(C)(C)NC(C)(C)C4)nc(NCC(O)C4CC(C)(C)NC(C)(C)C4)n3)nc(NCC(O)C3CC(C)(C)NC(C)(C)C3)n2)CC(C)(C)N1. The summed E-state index contributed by atoms with van der Waals surface area (Å²) >= 11 is 0. The highest BCUT2D eigenvalue weighted by Gasteiger charge is 2.50. The highest BCUT2D eigenvalue weighted by molar-refractivity contribution is 5.50. The average Bonchev–Trinajstić information content (AvgIpc) is 0.817. The van der Waals surface area contributed by atoms with Crippen LogP contribution in [0.3, 0.4) is 0 Å². The molecule has 0 amide bonds. The number of nitrogens with zero attached hydrogens (tertiary/aromatic N) is 14. The second kappa shape index (κ2) is 45.3. The molecular weight excluding hydrogens is 1850 g/mol. The van der Waals surface area contributed by atoms with Crippen LogP contribution in [-0.4, -0.2) is 330 Å². The monoisotopic (exact) mass is 2050 g/mol. The van der Waals surface area contributed by atoms with Gasteiger partial charge in [0.25, 0.3) is 0 Å². The molecule has 12 heterocycles. The third kappa shape index (κ3) is 35.8. The molecule has 830 valence electrons. The van der Waals surface area contributed by atoms with Crippen LogP contribution >= 0.6 is 0 Å². The van der Waals surface area contributed by atoms with Gasteiger partial charge in [-0.15, -0.1) is 0 Å². The lowest BCUT2D eigenvalue weighted by molar-refractivity contribution is 0.0340. The lowest BCUT2D eigenvalue weighted by Crippen LogP contribution is -2.59. The summed E-state index contributed by atoms with van der Waals surface area (Å²) in [4.78, 5) is 65.5. The van der Waals surface area contributed by atoms with Crippen LogP contribution in [0.15, 0.2) is 0 Å². The second-order valence-corrected chi connectivity index (χ2v) is 56.1. The Bertz CT molecular complexity index is 4210. The van der Waals surface area contributed by atoms with E-state index in [-0.39, 0.29) is 299 Å². The van der Waals surface area contributed by atoms with E-state index in [1.54, 1.807) is 0 Å². The van der Waals surface area contributed by atoms with Crippen molar-refractivity contribution in [1.82, 2.24) is 102 Å². The number of hydrogen-bond acceptors (Lipinski definition) is 40. The van der Waals surface area contributed by atoms with E-state index in [1.165, 1.54) is 0 Å². The highest BCUT2D eigenvalue weighted by atomic mass is 16.3. The first-order chi connectivity index (χ1) is 67.1. The zero-order valence-corrected chi connectivity index (χ0v) is 95.3. The molecule has 8 atom stereocenters. The van der Waals surface area contributed by atoms with Gasteiger partial charge in [-0.2, -0.15) is 59.8 Å². The Morgan fingerprint density at radius 2 is 0.295 bits per heavy atom. The summed E-state index contributed by atoms with van der Waals surface area (Å²) in [5.74, 6) is 1.75. The summed E-state index contributed by atoms with van der Waals surface area (Å²) in [6.45, 7) is 71.3. The van der Waals surface area contributed by atoms with Gasteiger partial charge in [-0.3, -0.25) is 0 Å². The van der Waals surface area contributed by atoms with Gasteiger partial charge in [-0.25, -0.2) is 0 Å². The zero-order valence-electron chi connectivity index (χ0n) is 95.3. The molecule has 40 nitrogen and oxygen atoms in total. The summed E-state index contributed by atoms with van der Waals surface area (Å²) in [5.41, 5.74) is -3.96. The van der Waals surface area contributed by atoms with Crippen LogP contribution in [0, 0.1) is 47.3 Å². The maximum atomic E-state index is 12.5. The fraction of sp³-hybridized carbons (Fsp3) is 0.887. The average molecular weight is 2050 g/mol. The number of hydrogen-bond donors (Lipinski definition) is 26. The minimum atomic E-state index is -0.821. The van der Waals surface area contributed by atoms with Gasteiger partial charge in [0, 0.05) is 180 Å². The minimum absolute atomic E-state index is 0.0508. The highest BCUT2D eigenvalue weighted by Crippen LogP contribution is 2.44. The van der Waals surface area contributed by atoms with Crippen LogP contribution in [-0.2, 0) is 0 Å². The molecule has 0 bridgehead atoms.